The van der Waals surface area contributed by atoms with Gasteiger partial charge in [0.2, 0.25) is 0 Å². The molecule has 0 saturated heterocycles. The fraction of sp³-hybridized carbons (Fsp3) is 0.944. The third-order valence-corrected chi connectivity index (χ3v) is 4.07. The van der Waals surface area contributed by atoms with Crippen LogP contribution < -0.4 is 0 Å². The molecule has 22 heavy (non-hydrogen) atoms. The molecule has 0 rings (SSSR count). The molecule has 0 amide bonds. The van der Waals surface area contributed by atoms with E-state index in [0.717, 1.165) is 51.4 Å². The van der Waals surface area contributed by atoms with Crippen molar-refractivity contribution in [3.63, 3.8) is 0 Å². The summed E-state index contributed by atoms with van der Waals surface area (Å²) in [7, 11) is 0. The van der Waals surface area contributed by atoms with Gasteiger partial charge in [0.05, 0.1) is 6.10 Å². The zero-order valence-corrected chi connectivity index (χ0v) is 14.0. The standard InChI is InChI=1S/C18H36O3.Li.H/c1-2-3-4-5-6-8-11-14-17(19)15-12-9-7-10-13-16-18(20)21;;/h17,19H,2-16H2,1H3,(H,20,21);;. The average Bonchev–Trinajstić information content (AvgIpc) is 2.45. The number of aliphatic hydroxyl groups excluding tert-OH is 1. The van der Waals surface area contributed by atoms with Gasteiger partial charge < -0.3 is 10.2 Å². The van der Waals surface area contributed by atoms with Gasteiger partial charge in [0.15, 0.2) is 0 Å². The van der Waals surface area contributed by atoms with E-state index < -0.39 is 5.97 Å². The summed E-state index contributed by atoms with van der Waals surface area (Å²) in [4.78, 5) is 10.3. The maximum atomic E-state index is 10.3. The van der Waals surface area contributed by atoms with E-state index in [9.17, 15) is 9.90 Å². The molecular weight excluding hydrogens is 271 g/mol. The first-order valence-electron chi connectivity index (χ1n) is 9.06. The Morgan fingerprint density at radius 2 is 1.18 bits per heavy atom. The second-order valence-corrected chi connectivity index (χ2v) is 6.26. The van der Waals surface area contributed by atoms with Gasteiger partial charge in [-0.3, -0.25) is 4.79 Å². The van der Waals surface area contributed by atoms with Crippen molar-refractivity contribution in [2.75, 3.05) is 0 Å². The Hall–Kier alpha value is 0.0274. The first-order valence-corrected chi connectivity index (χ1v) is 9.06. The number of carboxylic acid groups (broad SMARTS) is 1. The van der Waals surface area contributed by atoms with Gasteiger partial charge in [-0.2, -0.15) is 0 Å². The molecule has 0 aromatic heterocycles. The monoisotopic (exact) mass is 308 g/mol. The van der Waals surface area contributed by atoms with Gasteiger partial charge in [-0.15, -0.1) is 0 Å². The molecular formula is C18H37LiO3. The van der Waals surface area contributed by atoms with E-state index in [1.165, 1.54) is 38.5 Å². The van der Waals surface area contributed by atoms with Gasteiger partial charge in [0, 0.05) is 6.42 Å². The first-order chi connectivity index (χ1) is 10.2. The Kier molecular flexibility index (Phi) is 21.1. The SMILES string of the molecule is CCCCCCCCCC(O)CCCCCCCC(=O)O.[LiH]. The fourth-order valence-electron chi connectivity index (χ4n) is 2.67. The molecule has 1 atom stereocenters. The minimum absolute atomic E-state index is 0. The van der Waals surface area contributed by atoms with Crippen molar-refractivity contribution in [3.05, 3.63) is 0 Å². The number of aliphatic hydroxyl groups is 1. The molecule has 3 nitrogen and oxygen atoms in total. The molecule has 128 valence electrons. The molecule has 0 aliphatic carbocycles. The molecule has 4 heteroatoms. The number of aliphatic carboxylic acids is 1. The zero-order valence-electron chi connectivity index (χ0n) is 14.0. The molecule has 2 N–H and O–H groups in total. The molecule has 1 unspecified atom stereocenters. The number of carbonyl (C=O) groups is 1. The van der Waals surface area contributed by atoms with E-state index in [0.29, 0.717) is 6.42 Å². The van der Waals surface area contributed by atoms with E-state index in [1.807, 2.05) is 0 Å². The Bertz CT molecular complexity index is 234. The normalized spacial score (nSPS) is 11.9. The fourth-order valence-corrected chi connectivity index (χ4v) is 2.67. The average molecular weight is 308 g/mol. The second kappa shape index (κ2) is 19.1. The van der Waals surface area contributed by atoms with Crippen molar-refractivity contribution < 1.29 is 15.0 Å². The first kappa shape index (κ1) is 24.3. The Morgan fingerprint density at radius 1 is 0.773 bits per heavy atom. The third-order valence-electron chi connectivity index (χ3n) is 4.07. The van der Waals surface area contributed by atoms with Crippen LogP contribution in [0, 0.1) is 0 Å². The third kappa shape index (κ3) is 20.0. The molecule has 0 heterocycles. The van der Waals surface area contributed by atoms with Gasteiger partial charge in [-0.05, 0) is 19.3 Å². The predicted octanol–water partition coefficient (Wildman–Crippen LogP) is 4.65. The van der Waals surface area contributed by atoms with Crippen molar-refractivity contribution in [1.29, 1.82) is 0 Å². The van der Waals surface area contributed by atoms with Crippen LogP contribution in [-0.2, 0) is 4.79 Å². The van der Waals surface area contributed by atoms with Crippen LogP contribution in [0.5, 0.6) is 0 Å². The summed E-state index contributed by atoms with van der Waals surface area (Å²) in [5.41, 5.74) is 0. The van der Waals surface area contributed by atoms with Crippen LogP contribution in [0.2, 0.25) is 0 Å². The van der Waals surface area contributed by atoms with Gasteiger partial charge in [-0.25, -0.2) is 0 Å². The molecule has 0 spiro atoms. The van der Waals surface area contributed by atoms with Crippen molar-refractivity contribution in [2.24, 2.45) is 0 Å². The zero-order chi connectivity index (χ0) is 15.8. The van der Waals surface area contributed by atoms with Crippen molar-refractivity contribution in [1.82, 2.24) is 0 Å². The molecule has 0 aromatic rings. The molecule has 0 radical (unpaired) electrons. The maximum absolute atomic E-state index is 10.3. The van der Waals surface area contributed by atoms with E-state index in [4.69, 9.17) is 5.11 Å². The number of hydrogen-bond donors (Lipinski definition) is 2. The van der Waals surface area contributed by atoms with Crippen LogP contribution in [0.4, 0.5) is 0 Å². The van der Waals surface area contributed by atoms with E-state index in [-0.39, 0.29) is 25.0 Å². The topological polar surface area (TPSA) is 57.5 Å². The summed E-state index contributed by atoms with van der Waals surface area (Å²) in [6, 6.07) is 0. The number of hydrogen-bond acceptors (Lipinski definition) is 2. The number of unbranched alkanes of at least 4 members (excludes halogenated alkanes) is 10. The van der Waals surface area contributed by atoms with Crippen LogP contribution in [0.1, 0.15) is 103 Å². The minimum atomic E-state index is -0.694. The number of rotatable bonds is 16. The summed E-state index contributed by atoms with van der Waals surface area (Å²) < 4.78 is 0. The van der Waals surface area contributed by atoms with Crippen LogP contribution in [0.15, 0.2) is 0 Å². The van der Waals surface area contributed by atoms with Gasteiger partial charge >= 0.3 is 24.8 Å². The Balaban J connectivity index is 0. The van der Waals surface area contributed by atoms with Gasteiger partial charge in [-0.1, -0.05) is 77.6 Å². The molecule has 0 aliphatic heterocycles. The van der Waals surface area contributed by atoms with Crippen molar-refractivity contribution >= 4 is 24.8 Å². The summed E-state index contributed by atoms with van der Waals surface area (Å²) in [5, 5.41) is 18.4. The Labute approximate surface area is 149 Å². The summed E-state index contributed by atoms with van der Waals surface area (Å²) in [6.45, 7) is 2.24. The van der Waals surface area contributed by atoms with Crippen LogP contribution >= 0.6 is 0 Å². The number of carboxylic acids is 1. The summed E-state index contributed by atoms with van der Waals surface area (Å²) >= 11 is 0. The van der Waals surface area contributed by atoms with Gasteiger partial charge in [0.1, 0.15) is 0 Å². The molecule has 0 aliphatic rings. The van der Waals surface area contributed by atoms with E-state index >= 15 is 0 Å². The Morgan fingerprint density at radius 3 is 1.64 bits per heavy atom. The van der Waals surface area contributed by atoms with Gasteiger partial charge in [0.25, 0.3) is 0 Å². The van der Waals surface area contributed by atoms with Crippen LogP contribution in [0.3, 0.4) is 0 Å². The van der Waals surface area contributed by atoms with Crippen molar-refractivity contribution in [2.45, 2.75) is 109 Å². The quantitative estimate of drug-likeness (QED) is 0.322. The van der Waals surface area contributed by atoms with Crippen molar-refractivity contribution in [3.8, 4) is 0 Å². The molecule has 0 aromatic carbocycles. The predicted molar refractivity (Wildman–Crippen MR) is 95.7 cm³/mol. The van der Waals surface area contributed by atoms with E-state index in [2.05, 4.69) is 6.92 Å². The summed E-state index contributed by atoms with van der Waals surface area (Å²) in [5.74, 6) is -0.694. The molecule has 0 bridgehead atoms. The molecule has 0 fully saturated rings. The summed E-state index contributed by atoms with van der Waals surface area (Å²) in [6.07, 6.45) is 16.2. The van der Waals surface area contributed by atoms with Crippen LogP contribution in [0.25, 0.3) is 0 Å². The van der Waals surface area contributed by atoms with E-state index in [1.54, 1.807) is 0 Å². The van der Waals surface area contributed by atoms with Crippen LogP contribution in [-0.4, -0.2) is 41.1 Å². The molecule has 0 saturated carbocycles. The second-order valence-electron chi connectivity index (χ2n) is 6.26.